The van der Waals surface area contributed by atoms with Gasteiger partial charge in [0.25, 0.3) is 0 Å². The first-order valence-corrected chi connectivity index (χ1v) is 7.87. The van der Waals surface area contributed by atoms with Crippen molar-refractivity contribution in [1.29, 1.82) is 0 Å². The Bertz CT molecular complexity index is 300. The molecule has 0 atom stereocenters. The number of rotatable bonds is 3. The molecule has 0 radical (unpaired) electrons. The minimum atomic E-state index is -0.0821. The number of carbonyl (C=O) groups excluding carboxylic acids is 1. The minimum absolute atomic E-state index is 0.0821. The molecular formula is C15H29N3O. The number of amides is 1. The van der Waals surface area contributed by atoms with Crippen LogP contribution in [0, 0.1) is 5.41 Å². The summed E-state index contributed by atoms with van der Waals surface area (Å²) in [7, 11) is 0. The number of hydrogen-bond donors (Lipinski definition) is 1. The Morgan fingerprint density at radius 2 is 1.79 bits per heavy atom. The molecule has 110 valence electrons. The lowest BCUT2D eigenvalue weighted by atomic mass is 9.74. The maximum Gasteiger partial charge on any atom is 0.228 e. The second-order valence-electron chi connectivity index (χ2n) is 6.40. The van der Waals surface area contributed by atoms with Gasteiger partial charge in [-0.15, -0.1) is 0 Å². The second-order valence-corrected chi connectivity index (χ2v) is 6.40. The lowest BCUT2D eigenvalue weighted by Gasteiger charge is -2.36. The zero-order chi connectivity index (χ0) is 13.7. The van der Waals surface area contributed by atoms with Gasteiger partial charge >= 0.3 is 0 Å². The Hall–Kier alpha value is -0.610. The summed E-state index contributed by atoms with van der Waals surface area (Å²) in [6, 6.07) is 0. The Kier molecular flexibility index (Phi) is 5.22. The summed E-state index contributed by atoms with van der Waals surface area (Å²) >= 11 is 0. The fraction of sp³-hybridized carbons (Fsp3) is 0.933. The Labute approximate surface area is 117 Å². The van der Waals surface area contributed by atoms with Crippen molar-refractivity contribution in [2.75, 3.05) is 39.3 Å². The van der Waals surface area contributed by atoms with Crippen LogP contribution in [-0.4, -0.2) is 55.0 Å². The van der Waals surface area contributed by atoms with Gasteiger partial charge in [-0.1, -0.05) is 26.2 Å². The van der Waals surface area contributed by atoms with Crippen LogP contribution < -0.4 is 5.73 Å². The monoisotopic (exact) mass is 267 g/mol. The molecule has 1 saturated heterocycles. The van der Waals surface area contributed by atoms with Crippen LogP contribution in [0.1, 0.15) is 45.4 Å². The third-order valence-corrected chi connectivity index (χ3v) is 4.79. The van der Waals surface area contributed by atoms with Crippen molar-refractivity contribution < 1.29 is 4.79 Å². The van der Waals surface area contributed by atoms with Crippen LogP contribution in [0.3, 0.4) is 0 Å². The summed E-state index contributed by atoms with van der Waals surface area (Å²) in [6.45, 7) is 7.72. The van der Waals surface area contributed by atoms with E-state index in [0.29, 0.717) is 12.5 Å². The van der Waals surface area contributed by atoms with Crippen molar-refractivity contribution in [2.24, 2.45) is 11.1 Å². The van der Waals surface area contributed by atoms with E-state index < -0.39 is 0 Å². The van der Waals surface area contributed by atoms with E-state index in [0.717, 1.165) is 52.0 Å². The lowest BCUT2D eigenvalue weighted by Crippen LogP contribution is -2.45. The third kappa shape index (κ3) is 3.69. The standard InChI is InChI=1S/C15H29N3O/c1-15(6-3-2-4-7-15)14(19)18-10-5-9-17(11-8-16)12-13-18/h2-13,16H2,1H3. The van der Waals surface area contributed by atoms with Crippen LogP contribution in [0.2, 0.25) is 0 Å². The van der Waals surface area contributed by atoms with Crippen LogP contribution in [0.5, 0.6) is 0 Å². The van der Waals surface area contributed by atoms with Gasteiger partial charge in [0.15, 0.2) is 0 Å². The Morgan fingerprint density at radius 3 is 2.47 bits per heavy atom. The quantitative estimate of drug-likeness (QED) is 0.842. The summed E-state index contributed by atoms with van der Waals surface area (Å²) < 4.78 is 0. The first kappa shape index (κ1) is 14.8. The number of carbonyl (C=O) groups is 1. The molecule has 4 nitrogen and oxygen atoms in total. The summed E-state index contributed by atoms with van der Waals surface area (Å²) in [4.78, 5) is 17.3. The summed E-state index contributed by atoms with van der Waals surface area (Å²) in [6.07, 6.45) is 6.98. The van der Waals surface area contributed by atoms with Gasteiger partial charge < -0.3 is 15.5 Å². The molecule has 1 amide bonds. The van der Waals surface area contributed by atoms with Crippen molar-refractivity contribution in [1.82, 2.24) is 9.80 Å². The molecule has 2 rings (SSSR count). The fourth-order valence-electron chi connectivity index (χ4n) is 3.51. The fourth-order valence-corrected chi connectivity index (χ4v) is 3.51. The third-order valence-electron chi connectivity index (χ3n) is 4.79. The molecule has 0 spiro atoms. The average molecular weight is 267 g/mol. The maximum atomic E-state index is 12.8. The summed E-state index contributed by atoms with van der Waals surface area (Å²) in [5, 5.41) is 0. The van der Waals surface area contributed by atoms with E-state index in [4.69, 9.17) is 5.73 Å². The molecule has 2 N–H and O–H groups in total. The molecule has 2 aliphatic rings. The zero-order valence-corrected chi connectivity index (χ0v) is 12.4. The predicted molar refractivity (Wildman–Crippen MR) is 77.9 cm³/mol. The van der Waals surface area contributed by atoms with Gasteiger partial charge in [-0.2, -0.15) is 0 Å². The van der Waals surface area contributed by atoms with Crippen molar-refractivity contribution in [3.63, 3.8) is 0 Å². The van der Waals surface area contributed by atoms with Crippen molar-refractivity contribution in [3.8, 4) is 0 Å². The van der Waals surface area contributed by atoms with Gasteiger partial charge in [0.05, 0.1) is 0 Å². The van der Waals surface area contributed by atoms with E-state index in [1.165, 1.54) is 19.3 Å². The molecule has 0 aromatic rings. The molecule has 0 aromatic heterocycles. The van der Waals surface area contributed by atoms with Crippen LogP contribution in [0.15, 0.2) is 0 Å². The first-order valence-electron chi connectivity index (χ1n) is 7.87. The minimum Gasteiger partial charge on any atom is -0.341 e. The van der Waals surface area contributed by atoms with Gasteiger partial charge in [0, 0.05) is 38.1 Å². The molecule has 1 aliphatic carbocycles. The number of nitrogens with two attached hydrogens (primary N) is 1. The SMILES string of the molecule is CC1(C(=O)N2CCCN(CCN)CC2)CCCCC1. The molecule has 1 aliphatic heterocycles. The van der Waals surface area contributed by atoms with E-state index >= 15 is 0 Å². The summed E-state index contributed by atoms with van der Waals surface area (Å²) in [5.74, 6) is 0.404. The lowest BCUT2D eigenvalue weighted by molar-refractivity contribution is -0.143. The van der Waals surface area contributed by atoms with Gasteiger partial charge in [-0.25, -0.2) is 0 Å². The molecule has 0 aromatic carbocycles. The molecule has 0 bridgehead atoms. The van der Waals surface area contributed by atoms with Crippen LogP contribution in [-0.2, 0) is 4.79 Å². The summed E-state index contributed by atoms with van der Waals surface area (Å²) in [5.41, 5.74) is 5.54. The Morgan fingerprint density at radius 1 is 1.05 bits per heavy atom. The highest BCUT2D eigenvalue weighted by Gasteiger charge is 2.37. The molecule has 19 heavy (non-hydrogen) atoms. The number of nitrogens with zero attached hydrogens (tertiary/aromatic N) is 2. The van der Waals surface area contributed by atoms with Crippen LogP contribution in [0.25, 0.3) is 0 Å². The highest BCUT2D eigenvalue weighted by Crippen LogP contribution is 2.37. The van der Waals surface area contributed by atoms with E-state index in [1.807, 2.05) is 0 Å². The van der Waals surface area contributed by atoms with Gasteiger partial charge in [0.2, 0.25) is 5.91 Å². The van der Waals surface area contributed by atoms with Crippen molar-refractivity contribution >= 4 is 5.91 Å². The van der Waals surface area contributed by atoms with E-state index in [9.17, 15) is 4.79 Å². The average Bonchev–Trinajstić information content (AvgIpc) is 2.65. The van der Waals surface area contributed by atoms with Gasteiger partial charge in [-0.3, -0.25) is 4.79 Å². The van der Waals surface area contributed by atoms with E-state index in [-0.39, 0.29) is 5.41 Å². The molecule has 1 heterocycles. The molecule has 1 saturated carbocycles. The zero-order valence-electron chi connectivity index (χ0n) is 12.4. The smallest absolute Gasteiger partial charge is 0.228 e. The number of hydrogen-bond acceptors (Lipinski definition) is 3. The van der Waals surface area contributed by atoms with Crippen molar-refractivity contribution in [2.45, 2.75) is 45.4 Å². The van der Waals surface area contributed by atoms with E-state index in [1.54, 1.807) is 0 Å². The van der Waals surface area contributed by atoms with E-state index in [2.05, 4.69) is 16.7 Å². The molecule has 0 unspecified atom stereocenters. The van der Waals surface area contributed by atoms with Crippen LogP contribution >= 0.6 is 0 Å². The second kappa shape index (κ2) is 6.71. The molecule has 4 heteroatoms. The highest BCUT2D eigenvalue weighted by molar-refractivity contribution is 5.82. The highest BCUT2D eigenvalue weighted by atomic mass is 16.2. The predicted octanol–water partition coefficient (Wildman–Crippen LogP) is 1.45. The largest absolute Gasteiger partial charge is 0.341 e. The van der Waals surface area contributed by atoms with Gasteiger partial charge in [0.1, 0.15) is 0 Å². The first-order chi connectivity index (χ1) is 9.15. The van der Waals surface area contributed by atoms with Crippen molar-refractivity contribution in [3.05, 3.63) is 0 Å². The Balaban J connectivity index is 1.92. The van der Waals surface area contributed by atoms with Gasteiger partial charge in [-0.05, 0) is 25.8 Å². The molecule has 2 fully saturated rings. The topological polar surface area (TPSA) is 49.6 Å². The molecular weight excluding hydrogens is 238 g/mol. The maximum absolute atomic E-state index is 12.8. The van der Waals surface area contributed by atoms with Crippen LogP contribution in [0.4, 0.5) is 0 Å². The normalized spacial score (nSPS) is 25.1.